The molecule has 2 amide bonds. The van der Waals surface area contributed by atoms with Gasteiger partial charge in [0.2, 0.25) is 17.7 Å². The number of fused-ring (bicyclic) bond motifs is 1. The summed E-state index contributed by atoms with van der Waals surface area (Å²) in [4.78, 5) is 26.9. The van der Waals surface area contributed by atoms with Gasteiger partial charge in [-0.3, -0.25) is 14.2 Å². The number of hydrogen-bond donors (Lipinski definition) is 3. The summed E-state index contributed by atoms with van der Waals surface area (Å²) in [5.41, 5.74) is 1.24. The van der Waals surface area contributed by atoms with Gasteiger partial charge < -0.3 is 20.7 Å². The number of carbonyl (C=O) groups excluding carboxylic acids is 2. The standard InChI is InChI=1S/C25H28F4N8O3S/c1-36-18(8-19(35-36)40-10-25(27,28)29)32-24-34-31-11-37(24)13-4-5-17-15(6-13)20(22(39)30-9-12-2-3-12)23(41-17)33-21(38)14-7-16(14)26/h8,11-14,16H,2-7,9-10H2,1H3,(H,30,39)(H,32,34)(H,33,38)/t13-,14-,16-/m0/s1. The van der Waals surface area contributed by atoms with Crippen molar-refractivity contribution in [1.29, 1.82) is 0 Å². The van der Waals surface area contributed by atoms with E-state index in [-0.39, 0.29) is 24.2 Å². The molecule has 3 aromatic heterocycles. The Labute approximate surface area is 235 Å². The minimum atomic E-state index is -4.49. The van der Waals surface area contributed by atoms with Gasteiger partial charge in [-0.15, -0.1) is 26.6 Å². The first kappa shape index (κ1) is 27.5. The van der Waals surface area contributed by atoms with E-state index in [1.807, 2.05) is 4.57 Å². The van der Waals surface area contributed by atoms with Gasteiger partial charge in [0.1, 0.15) is 23.3 Å². The summed E-state index contributed by atoms with van der Waals surface area (Å²) in [7, 11) is 1.55. The van der Waals surface area contributed by atoms with Gasteiger partial charge in [-0.1, -0.05) is 0 Å². The van der Waals surface area contributed by atoms with Gasteiger partial charge in [-0.25, -0.2) is 9.07 Å². The van der Waals surface area contributed by atoms with Crippen molar-refractivity contribution >= 4 is 39.9 Å². The van der Waals surface area contributed by atoms with Crippen LogP contribution in [0.15, 0.2) is 12.4 Å². The largest absolute Gasteiger partial charge is 0.467 e. The van der Waals surface area contributed by atoms with Crippen molar-refractivity contribution < 1.29 is 31.9 Å². The molecule has 0 spiro atoms. The zero-order chi connectivity index (χ0) is 28.9. The zero-order valence-electron chi connectivity index (χ0n) is 22.0. The molecule has 3 N–H and O–H groups in total. The molecular weight excluding hydrogens is 568 g/mol. The van der Waals surface area contributed by atoms with E-state index in [1.54, 1.807) is 13.4 Å². The number of aromatic nitrogens is 5. The molecular formula is C25H28F4N8O3S. The first-order valence-corrected chi connectivity index (χ1v) is 14.1. The molecule has 3 heterocycles. The van der Waals surface area contributed by atoms with E-state index in [4.69, 9.17) is 4.74 Å². The molecule has 0 unspecified atom stereocenters. The second-order valence-electron chi connectivity index (χ2n) is 10.7. The van der Waals surface area contributed by atoms with Crippen LogP contribution in [0.1, 0.15) is 52.5 Å². The molecule has 0 radical (unpaired) electrons. The van der Waals surface area contributed by atoms with Crippen LogP contribution in [0.3, 0.4) is 0 Å². The zero-order valence-corrected chi connectivity index (χ0v) is 22.8. The molecule has 11 nitrogen and oxygen atoms in total. The van der Waals surface area contributed by atoms with Crippen LogP contribution in [0.2, 0.25) is 0 Å². The molecule has 220 valence electrons. The van der Waals surface area contributed by atoms with Crippen LogP contribution in [0.5, 0.6) is 5.88 Å². The molecule has 0 aromatic carbocycles. The lowest BCUT2D eigenvalue weighted by Gasteiger charge is -2.25. The highest BCUT2D eigenvalue weighted by Gasteiger charge is 2.44. The summed E-state index contributed by atoms with van der Waals surface area (Å²) < 4.78 is 59.0. The minimum absolute atomic E-state index is 0.152. The Balaban J connectivity index is 1.21. The van der Waals surface area contributed by atoms with Crippen LogP contribution in [0.25, 0.3) is 0 Å². The Morgan fingerprint density at radius 1 is 1.24 bits per heavy atom. The van der Waals surface area contributed by atoms with Crippen LogP contribution in [0, 0.1) is 11.8 Å². The van der Waals surface area contributed by atoms with Crippen LogP contribution in [-0.2, 0) is 24.7 Å². The number of ether oxygens (including phenoxy) is 1. The smallest absolute Gasteiger partial charge is 0.422 e. The van der Waals surface area contributed by atoms with E-state index in [0.29, 0.717) is 54.1 Å². The first-order valence-electron chi connectivity index (χ1n) is 13.3. The average Bonchev–Trinajstić information content (AvgIpc) is 3.76. The SMILES string of the molecule is Cn1nc(OCC(F)(F)F)cc1Nc1nncn1[C@H]1CCc2sc(NC(=O)[C@H]3C[C@@H]3F)c(C(=O)NCC3CC3)c2C1. The first-order chi connectivity index (χ1) is 19.6. The Morgan fingerprint density at radius 3 is 2.73 bits per heavy atom. The van der Waals surface area contributed by atoms with Gasteiger partial charge in [-0.2, -0.15) is 13.2 Å². The second kappa shape index (κ2) is 10.6. The van der Waals surface area contributed by atoms with Gasteiger partial charge in [-0.05, 0) is 50.0 Å². The molecule has 3 aliphatic rings. The normalized spacial score (nSPS) is 21.7. The van der Waals surface area contributed by atoms with Gasteiger partial charge in [0, 0.05) is 30.6 Å². The van der Waals surface area contributed by atoms with Crippen molar-refractivity contribution in [3.05, 3.63) is 28.4 Å². The van der Waals surface area contributed by atoms with Crippen molar-refractivity contribution in [2.45, 2.75) is 56.9 Å². The van der Waals surface area contributed by atoms with Crippen LogP contribution >= 0.6 is 11.3 Å². The van der Waals surface area contributed by atoms with Crippen LogP contribution in [-0.4, -0.2) is 61.9 Å². The molecule has 2 saturated carbocycles. The Kier molecular flexibility index (Phi) is 7.11. The number of rotatable bonds is 10. The van der Waals surface area contributed by atoms with Crippen molar-refractivity contribution in [1.82, 2.24) is 29.9 Å². The molecule has 2 fully saturated rings. The maximum absolute atomic E-state index is 13.5. The number of alkyl halides is 4. The molecule has 6 rings (SSSR count). The van der Waals surface area contributed by atoms with E-state index >= 15 is 0 Å². The molecule has 3 aromatic rings. The van der Waals surface area contributed by atoms with Gasteiger partial charge in [0.25, 0.3) is 5.91 Å². The van der Waals surface area contributed by atoms with Crippen LogP contribution in [0.4, 0.5) is 34.3 Å². The third kappa shape index (κ3) is 6.16. The van der Waals surface area contributed by atoms with Crippen molar-refractivity contribution in [3.63, 3.8) is 0 Å². The number of halogens is 4. The number of nitrogens with zero attached hydrogens (tertiary/aromatic N) is 5. The molecule has 16 heteroatoms. The lowest BCUT2D eigenvalue weighted by molar-refractivity contribution is -0.154. The predicted molar refractivity (Wildman–Crippen MR) is 140 cm³/mol. The quantitative estimate of drug-likeness (QED) is 0.303. The summed E-state index contributed by atoms with van der Waals surface area (Å²) in [5.74, 6) is -0.392. The molecule has 3 atom stereocenters. The number of aryl methyl sites for hydroxylation is 2. The number of hydrogen-bond acceptors (Lipinski definition) is 8. The Bertz CT molecular complexity index is 1460. The number of carbonyl (C=O) groups is 2. The summed E-state index contributed by atoms with van der Waals surface area (Å²) in [6, 6.07) is 1.18. The predicted octanol–water partition coefficient (Wildman–Crippen LogP) is 3.92. The molecule has 0 aliphatic heterocycles. The third-order valence-corrected chi connectivity index (χ3v) is 8.65. The van der Waals surface area contributed by atoms with E-state index < -0.39 is 30.8 Å². The van der Waals surface area contributed by atoms with Crippen molar-refractivity contribution in [2.24, 2.45) is 18.9 Å². The molecule has 0 bridgehead atoms. The number of anilines is 3. The summed E-state index contributed by atoms with van der Waals surface area (Å²) in [6.45, 7) is -0.896. The third-order valence-electron chi connectivity index (χ3n) is 7.44. The van der Waals surface area contributed by atoms with Gasteiger partial charge >= 0.3 is 6.18 Å². The summed E-state index contributed by atoms with van der Waals surface area (Å²) in [5, 5.41) is 21.4. The lowest BCUT2D eigenvalue weighted by atomic mass is 9.91. The Hall–Kier alpha value is -3.69. The van der Waals surface area contributed by atoms with Gasteiger partial charge in [0.05, 0.1) is 11.5 Å². The van der Waals surface area contributed by atoms with Crippen LogP contribution < -0.4 is 20.7 Å². The topological polar surface area (TPSA) is 128 Å². The Morgan fingerprint density at radius 2 is 2.02 bits per heavy atom. The van der Waals surface area contributed by atoms with E-state index in [0.717, 1.165) is 23.3 Å². The van der Waals surface area contributed by atoms with Crippen molar-refractivity contribution in [2.75, 3.05) is 23.8 Å². The highest BCUT2D eigenvalue weighted by atomic mass is 32.1. The van der Waals surface area contributed by atoms with Crippen molar-refractivity contribution in [3.8, 4) is 5.88 Å². The number of amides is 2. The highest BCUT2D eigenvalue weighted by molar-refractivity contribution is 7.17. The summed E-state index contributed by atoms with van der Waals surface area (Å²) >= 11 is 1.36. The van der Waals surface area contributed by atoms with Gasteiger partial charge in [0.15, 0.2) is 6.61 Å². The molecule has 0 saturated heterocycles. The van der Waals surface area contributed by atoms with E-state index in [2.05, 4.69) is 31.2 Å². The fraction of sp³-hybridized carbons (Fsp3) is 0.560. The maximum Gasteiger partial charge on any atom is 0.422 e. The molecule has 3 aliphatic carbocycles. The fourth-order valence-corrected chi connectivity index (χ4v) is 6.16. The highest BCUT2D eigenvalue weighted by Crippen LogP contribution is 2.43. The number of nitrogens with one attached hydrogen (secondary N) is 3. The number of thiophene rings is 1. The maximum atomic E-state index is 13.5. The molecule has 41 heavy (non-hydrogen) atoms. The fourth-order valence-electron chi connectivity index (χ4n) is 4.92. The minimum Gasteiger partial charge on any atom is -0.467 e. The average molecular weight is 597 g/mol. The van der Waals surface area contributed by atoms with E-state index in [9.17, 15) is 27.2 Å². The van der Waals surface area contributed by atoms with E-state index in [1.165, 1.54) is 22.1 Å². The second-order valence-corrected chi connectivity index (χ2v) is 11.8. The lowest BCUT2D eigenvalue weighted by Crippen LogP contribution is -2.29. The monoisotopic (exact) mass is 596 g/mol. The summed E-state index contributed by atoms with van der Waals surface area (Å²) in [6.07, 6.45) is 0.0377.